The predicted molar refractivity (Wildman–Crippen MR) is 87.2 cm³/mol. The number of nitrogens with two attached hydrogens (primary N) is 1. The third-order valence-corrected chi connectivity index (χ3v) is 3.66. The van der Waals surface area contributed by atoms with Gasteiger partial charge in [0, 0.05) is 0 Å². The molecule has 0 atom stereocenters. The number of nitrogen functional groups attached to an aromatic ring is 1. The SMILES string of the molecule is COc1ccc(COc2ccc(C)cc2Br)cc1C(=N)N. The molecule has 0 bridgehead atoms. The Kier molecular flexibility index (Phi) is 4.85. The molecular weight excluding hydrogens is 332 g/mol. The summed E-state index contributed by atoms with van der Waals surface area (Å²) >= 11 is 3.48. The molecule has 0 unspecified atom stereocenters. The zero-order valence-electron chi connectivity index (χ0n) is 11.9. The van der Waals surface area contributed by atoms with E-state index in [1.807, 2.05) is 37.3 Å². The minimum absolute atomic E-state index is 0.0229. The first-order chi connectivity index (χ1) is 10.0. The third-order valence-electron chi connectivity index (χ3n) is 3.04. The number of hydrogen-bond donors (Lipinski definition) is 2. The van der Waals surface area contributed by atoms with Crippen molar-refractivity contribution in [2.24, 2.45) is 5.73 Å². The van der Waals surface area contributed by atoms with E-state index in [1.165, 1.54) is 0 Å². The van der Waals surface area contributed by atoms with Crippen LogP contribution in [0.25, 0.3) is 0 Å². The van der Waals surface area contributed by atoms with E-state index in [9.17, 15) is 0 Å². The average Bonchev–Trinajstić information content (AvgIpc) is 2.46. The molecule has 0 fully saturated rings. The molecular formula is C16H17BrN2O2. The highest BCUT2D eigenvalue weighted by Gasteiger charge is 2.08. The molecule has 0 saturated heterocycles. The van der Waals surface area contributed by atoms with Gasteiger partial charge in [-0.05, 0) is 58.2 Å². The Morgan fingerprint density at radius 3 is 2.52 bits per heavy atom. The average molecular weight is 349 g/mol. The van der Waals surface area contributed by atoms with E-state index in [1.54, 1.807) is 13.2 Å². The lowest BCUT2D eigenvalue weighted by Gasteiger charge is -2.12. The first-order valence-electron chi connectivity index (χ1n) is 6.41. The number of hydrogen-bond acceptors (Lipinski definition) is 3. The second-order valence-corrected chi connectivity index (χ2v) is 5.53. The Morgan fingerprint density at radius 1 is 1.19 bits per heavy atom. The molecule has 3 N–H and O–H groups in total. The summed E-state index contributed by atoms with van der Waals surface area (Å²) in [5, 5.41) is 7.58. The molecule has 5 heteroatoms. The fraction of sp³-hybridized carbons (Fsp3) is 0.188. The zero-order valence-corrected chi connectivity index (χ0v) is 13.5. The fourth-order valence-electron chi connectivity index (χ4n) is 1.94. The van der Waals surface area contributed by atoms with Crippen molar-refractivity contribution in [2.45, 2.75) is 13.5 Å². The number of rotatable bonds is 5. The van der Waals surface area contributed by atoms with E-state index in [2.05, 4.69) is 15.9 Å². The maximum atomic E-state index is 7.58. The van der Waals surface area contributed by atoms with Crippen molar-refractivity contribution in [3.8, 4) is 11.5 Å². The van der Waals surface area contributed by atoms with Crippen molar-refractivity contribution >= 4 is 21.8 Å². The minimum atomic E-state index is -0.0229. The molecule has 21 heavy (non-hydrogen) atoms. The minimum Gasteiger partial charge on any atom is -0.496 e. The van der Waals surface area contributed by atoms with Gasteiger partial charge in [-0.25, -0.2) is 0 Å². The lowest BCUT2D eigenvalue weighted by molar-refractivity contribution is 0.304. The fourth-order valence-corrected chi connectivity index (χ4v) is 2.55. The van der Waals surface area contributed by atoms with Crippen LogP contribution in [-0.4, -0.2) is 12.9 Å². The van der Waals surface area contributed by atoms with Crippen LogP contribution in [0.1, 0.15) is 16.7 Å². The maximum absolute atomic E-state index is 7.58. The number of ether oxygens (including phenoxy) is 2. The van der Waals surface area contributed by atoms with Crippen LogP contribution in [0.4, 0.5) is 0 Å². The van der Waals surface area contributed by atoms with Crippen molar-refractivity contribution in [3.63, 3.8) is 0 Å². The van der Waals surface area contributed by atoms with Crippen LogP contribution in [0, 0.1) is 12.3 Å². The van der Waals surface area contributed by atoms with Gasteiger partial charge in [0.1, 0.15) is 23.9 Å². The van der Waals surface area contributed by atoms with Gasteiger partial charge in [0.15, 0.2) is 0 Å². The number of nitrogens with one attached hydrogen (secondary N) is 1. The van der Waals surface area contributed by atoms with Gasteiger partial charge in [0.2, 0.25) is 0 Å². The van der Waals surface area contributed by atoms with Gasteiger partial charge >= 0.3 is 0 Å². The number of amidine groups is 1. The summed E-state index contributed by atoms with van der Waals surface area (Å²) in [5.41, 5.74) is 8.22. The van der Waals surface area contributed by atoms with Gasteiger partial charge < -0.3 is 15.2 Å². The van der Waals surface area contributed by atoms with Crippen LogP contribution in [0.3, 0.4) is 0 Å². The van der Waals surface area contributed by atoms with Gasteiger partial charge in [0.25, 0.3) is 0 Å². The highest BCUT2D eigenvalue weighted by molar-refractivity contribution is 9.10. The highest BCUT2D eigenvalue weighted by Crippen LogP contribution is 2.27. The summed E-state index contributed by atoms with van der Waals surface area (Å²) in [6.45, 7) is 2.42. The molecule has 0 radical (unpaired) electrons. The summed E-state index contributed by atoms with van der Waals surface area (Å²) in [6, 6.07) is 11.4. The van der Waals surface area contributed by atoms with Crippen molar-refractivity contribution in [1.29, 1.82) is 5.41 Å². The molecule has 0 spiro atoms. The van der Waals surface area contributed by atoms with Gasteiger partial charge in [-0.3, -0.25) is 5.41 Å². The number of aryl methyl sites for hydroxylation is 1. The van der Waals surface area contributed by atoms with E-state index in [0.717, 1.165) is 21.3 Å². The molecule has 0 aliphatic rings. The van der Waals surface area contributed by atoms with E-state index in [4.69, 9.17) is 20.6 Å². The zero-order chi connectivity index (χ0) is 15.4. The van der Waals surface area contributed by atoms with Crippen molar-refractivity contribution in [3.05, 3.63) is 57.6 Å². The summed E-state index contributed by atoms with van der Waals surface area (Å²) in [5.74, 6) is 1.34. The highest BCUT2D eigenvalue weighted by atomic mass is 79.9. The van der Waals surface area contributed by atoms with E-state index in [0.29, 0.717) is 17.9 Å². The molecule has 0 saturated carbocycles. The lowest BCUT2D eigenvalue weighted by atomic mass is 10.1. The summed E-state index contributed by atoms with van der Waals surface area (Å²) in [4.78, 5) is 0. The monoisotopic (exact) mass is 348 g/mol. The molecule has 0 amide bonds. The molecule has 0 aromatic heterocycles. The van der Waals surface area contributed by atoms with E-state index < -0.39 is 0 Å². The quantitative estimate of drug-likeness (QED) is 0.640. The molecule has 2 rings (SSSR count). The first-order valence-corrected chi connectivity index (χ1v) is 7.21. The smallest absolute Gasteiger partial charge is 0.134 e. The van der Waals surface area contributed by atoms with E-state index in [-0.39, 0.29) is 5.84 Å². The first kappa shape index (κ1) is 15.4. The molecule has 2 aromatic rings. The third kappa shape index (κ3) is 3.76. The Bertz CT molecular complexity index is 671. The van der Waals surface area contributed by atoms with Gasteiger partial charge in [0.05, 0.1) is 17.1 Å². The van der Waals surface area contributed by atoms with Crippen LogP contribution in [0.15, 0.2) is 40.9 Å². The molecule has 0 aliphatic carbocycles. The van der Waals surface area contributed by atoms with Gasteiger partial charge in [-0.1, -0.05) is 12.1 Å². The number of halogens is 1. The predicted octanol–water partition coefficient (Wildman–Crippen LogP) is 3.63. The van der Waals surface area contributed by atoms with Crippen LogP contribution < -0.4 is 15.2 Å². The van der Waals surface area contributed by atoms with Crippen molar-refractivity contribution in [1.82, 2.24) is 0 Å². The lowest BCUT2D eigenvalue weighted by Crippen LogP contribution is -2.13. The molecule has 0 heterocycles. The van der Waals surface area contributed by atoms with Crippen molar-refractivity contribution in [2.75, 3.05) is 7.11 Å². The molecule has 0 aliphatic heterocycles. The topological polar surface area (TPSA) is 68.3 Å². The Hall–Kier alpha value is -2.01. The normalized spacial score (nSPS) is 10.2. The van der Waals surface area contributed by atoms with Gasteiger partial charge in [-0.15, -0.1) is 0 Å². The standard InChI is InChI=1S/C16H17BrN2O2/c1-10-3-5-15(13(17)7-10)21-9-11-4-6-14(20-2)12(8-11)16(18)19/h3-8H,9H2,1-2H3,(H3,18,19). The Labute approximate surface area is 132 Å². The largest absolute Gasteiger partial charge is 0.496 e. The summed E-state index contributed by atoms with van der Waals surface area (Å²) in [6.07, 6.45) is 0. The molecule has 4 nitrogen and oxygen atoms in total. The molecule has 110 valence electrons. The van der Waals surface area contributed by atoms with Crippen LogP contribution in [0.2, 0.25) is 0 Å². The number of methoxy groups -OCH3 is 1. The van der Waals surface area contributed by atoms with E-state index >= 15 is 0 Å². The summed E-state index contributed by atoms with van der Waals surface area (Å²) in [7, 11) is 1.56. The maximum Gasteiger partial charge on any atom is 0.134 e. The van der Waals surface area contributed by atoms with Crippen LogP contribution >= 0.6 is 15.9 Å². The second-order valence-electron chi connectivity index (χ2n) is 4.67. The van der Waals surface area contributed by atoms with Crippen LogP contribution in [-0.2, 0) is 6.61 Å². The molecule has 2 aromatic carbocycles. The Balaban J connectivity index is 2.16. The van der Waals surface area contributed by atoms with Crippen LogP contribution in [0.5, 0.6) is 11.5 Å². The summed E-state index contributed by atoms with van der Waals surface area (Å²) < 4.78 is 11.9. The van der Waals surface area contributed by atoms with Crippen molar-refractivity contribution < 1.29 is 9.47 Å². The van der Waals surface area contributed by atoms with Gasteiger partial charge in [-0.2, -0.15) is 0 Å². The Morgan fingerprint density at radius 2 is 1.90 bits per heavy atom. The number of benzene rings is 2. The second kappa shape index (κ2) is 6.63.